The second-order valence-corrected chi connectivity index (χ2v) is 6.83. The van der Waals surface area contributed by atoms with Crippen molar-refractivity contribution < 1.29 is 9.32 Å². The van der Waals surface area contributed by atoms with Gasteiger partial charge in [0.1, 0.15) is 0 Å². The number of amides is 1. The van der Waals surface area contributed by atoms with E-state index in [9.17, 15) is 4.79 Å². The Morgan fingerprint density at radius 1 is 1.42 bits per heavy atom. The number of carbonyl (C=O) groups is 1. The summed E-state index contributed by atoms with van der Waals surface area (Å²) >= 11 is 5.91. The van der Waals surface area contributed by atoms with Crippen LogP contribution in [0.5, 0.6) is 0 Å². The predicted octanol–water partition coefficient (Wildman–Crippen LogP) is 4.14. The monoisotopic (exact) mass is 347 g/mol. The molecule has 5 nitrogen and oxygen atoms in total. The molecule has 1 aromatic carbocycles. The van der Waals surface area contributed by atoms with Crippen LogP contribution in [0.4, 0.5) is 0 Å². The van der Waals surface area contributed by atoms with E-state index < -0.39 is 0 Å². The minimum atomic E-state index is 0.0658. The zero-order valence-electron chi connectivity index (χ0n) is 14.0. The smallest absolute Gasteiger partial charge is 0.231 e. The number of aromatic nitrogens is 2. The van der Waals surface area contributed by atoms with Crippen molar-refractivity contribution in [1.29, 1.82) is 0 Å². The summed E-state index contributed by atoms with van der Waals surface area (Å²) in [6, 6.07) is 7.35. The van der Waals surface area contributed by atoms with Crippen LogP contribution in [-0.4, -0.2) is 34.0 Å². The van der Waals surface area contributed by atoms with Crippen molar-refractivity contribution in [3.05, 3.63) is 35.2 Å². The van der Waals surface area contributed by atoms with E-state index in [-0.39, 0.29) is 17.7 Å². The van der Waals surface area contributed by atoms with Gasteiger partial charge in [-0.25, -0.2) is 0 Å². The lowest BCUT2D eigenvalue weighted by molar-refractivity contribution is -0.136. The van der Waals surface area contributed by atoms with Crippen LogP contribution in [0.2, 0.25) is 5.02 Å². The van der Waals surface area contributed by atoms with Crippen LogP contribution >= 0.6 is 11.6 Å². The van der Waals surface area contributed by atoms with Crippen molar-refractivity contribution in [1.82, 2.24) is 15.0 Å². The molecule has 6 heteroatoms. The quantitative estimate of drug-likeness (QED) is 0.833. The first-order valence-electron chi connectivity index (χ1n) is 8.46. The van der Waals surface area contributed by atoms with Gasteiger partial charge in [-0.15, -0.1) is 0 Å². The Morgan fingerprint density at radius 2 is 2.17 bits per heavy atom. The second kappa shape index (κ2) is 7.34. The fraction of sp³-hybridized carbons (Fsp3) is 0.500. The van der Waals surface area contributed by atoms with Crippen LogP contribution in [0.15, 0.2) is 28.8 Å². The number of hydrogen-bond donors (Lipinski definition) is 0. The molecule has 0 bridgehead atoms. The molecule has 24 heavy (non-hydrogen) atoms. The number of piperidine rings is 1. The summed E-state index contributed by atoms with van der Waals surface area (Å²) in [5.41, 5.74) is 0.873. The highest BCUT2D eigenvalue weighted by Gasteiger charge is 2.30. The van der Waals surface area contributed by atoms with Crippen molar-refractivity contribution in [2.75, 3.05) is 13.1 Å². The minimum absolute atomic E-state index is 0.0658. The summed E-state index contributed by atoms with van der Waals surface area (Å²) in [5.74, 6) is 1.57. The van der Waals surface area contributed by atoms with E-state index in [1.54, 1.807) is 12.1 Å². The molecule has 0 N–H and O–H groups in total. The first kappa shape index (κ1) is 17.0. The average Bonchev–Trinajstić information content (AvgIpc) is 3.11. The fourth-order valence-corrected chi connectivity index (χ4v) is 3.11. The van der Waals surface area contributed by atoms with Crippen LogP contribution in [0.1, 0.15) is 44.9 Å². The molecule has 0 spiro atoms. The molecular formula is C18H22ClN3O2. The zero-order chi connectivity index (χ0) is 17.1. The van der Waals surface area contributed by atoms with Crippen molar-refractivity contribution in [3.63, 3.8) is 0 Å². The van der Waals surface area contributed by atoms with E-state index in [1.807, 2.05) is 30.9 Å². The molecule has 2 aromatic rings. The maximum absolute atomic E-state index is 12.4. The van der Waals surface area contributed by atoms with Gasteiger partial charge in [-0.3, -0.25) is 4.79 Å². The van der Waals surface area contributed by atoms with Gasteiger partial charge in [0.15, 0.2) is 0 Å². The molecule has 2 heterocycles. The number of carbonyl (C=O) groups excluding carboxylic acids is 1. The number of hydrogen-bond acceptors (Lipinski definition) is 4. The Balaban J connectivity index is 1.72. The van der Waals surface area contributed by atoms with E-state index in [4.69, 9.17) is 16.1 Å². The highest BCUT2D eigenvalue weighted by atomic mass is 35.5. The normalized spacial score (nSPS) is 19.3. The lowest BCUT2D eigenvalue weighted by atomic mass is 9.96. The van der Waals surface area contributed by atoms with Gasteiger partial charge in [-0.1, -0.05) is 30.6 Å². The van der Waals surface area contributed by atoms with Gasteiger partial charge < -0.3 is 9.42 Å². The Labute approximate surface area is 147 Å². The van der Waals surface area contributed by atoms with Crippen molar-refractivity contribution in [2.24, 2.45) is 5.92 Å². The molecule has 1 saturated heterocycles. The van der Waals surface area contributed by atoms with Gasteiger partial charge in [-0.2, -0.15) is 4.98 Å². The third-order valence-electron chi connectivity index (χ3n) is 4.66. The molecule has 128 valence electrons. The van der Waals surface area contributed by atoms with Crippen LogP contribution in [0.3, 0.4) is 0 Å². The average molecular weight is 348 g/mol. The number of likely N-dealkylation sites (tertiary alicyclic amines) is 1. The molecule has 3 rings (SSSR count). The largest absolute Gasteiger partial charge is 0.342 e. The Hall–Kier alpha value is -1.88. The van der Waals surface area contributed by atoms with Crippen molar-refractivity contribution >= 4 is 17.5 Å². The summed E-state index contributed by atoms with van der Waals surface area (Å²) in [6.45, 7) is 5.50. The van der Waals surface area contributed by atoms with Gasteiger partial charge in [0.2, 0.25) is 17.6 Å². The Bertz CT molecular complexity index is 699. The molecule has 1 aliphatic rings. The summed E-state index contributed by atoms with van der Waals surface area (Å²) in [4.78, 5) is 18.9. The minimum Gasteiger partial charge on any atom is -0.342 e. The van der Waals surface area contributed by atoms with E-state index in [2.05, 4.69) is 10.1 Å². The number of halogens is 1. The molecule has 2 atom stereocenters. The highest BCUT2D eigenvalue weighted by molar-refractivity contribution is 6.30. The predicted molar refractivity (Wildman–Crippen MR) is 92.8 cm³/mol. The Kier molecular flexibility index (Phi) is 5.19. The molecule has 2 unspecified atom stereocenters. The first-order chi connectivity index (χ1) is 11.6. The standard InChI is InChI=1S/C18H22ClN3O2/c1-3-12(2)18(23)22-10-4-5-14(11-22)17-20-16(21-24-17)13-6-8-15(19)9-7-13/h6-9,12,14H,3-5,10-11H2,1-2H3. The molecule has 0 radical (unpaired) electrons. The maximum Gasteiger partial charge on any atom is 0.231 e. The third-order valence-corrected chi connectivity index (χ3v) is 4.91. The fourth-order valence-electron chi connectivity index (χ4n) is 2.98. The number of benzene rings is 1. The lowest BCUT2D eigenvalue weighted by Gasteiger charge is -2.32. The molecule has 1 amide bonds. The number of rotatable bonds is 4. The van der Waals surface area contributed by atoms with E-state index in [1.165, 1.54) is 0 Å². The van der Waals surface area contributed by atoms with Crippen molar-refractivity contribution in [3.8, 4) is 11.4 Å². The molecule has 0 aliphatic carbocycles. The lowest BCUT2D eigenvalue weighted by Crippen LogP contribution is -2.41. The van der Waals surface area contributed by atoms with E-state index in [0.717, 1.165) is 31.4 Å². The molecule has 1 aliphatic heterocycles. The molecular weight excluding hydrogens is 326 g/mol. The zero-order valence-corrected chi connectivity index (χ0v) is 14.8. The second-order valence-electron chi connectivity index (χ2n) is 6.40. The number of nitrogens with zero attached hydrogens (tertiary/aromatic N) is 3. The van der Waals surface area contributed by atoms with Gasteiger partial charge in [0, 0.05) is 29.6 Å². The Morgan fingerprint density at radius 3 is 2.88 bits per heavy atom. The molecule has 1 fully saturated rings. The SMILES string of the molecule is CCC(C)C(=O)N1CCCC(c2nc(-c3ccc(Cl)cc3)no2)C1. The van der Waals surface area contributed by atoms with E-state index >= 15 is 0 Å². The topological polar surface area (TPSA) is 59.2 Å². The summed E-state index contributed by atoms with van der Waals surface area (Å²) in [5, 5.41) is 4.75. The van der Waals surface area contributed by atoms with Crippen LogP contribution in [-0.2, 0) is 4.79 Å². The van der Waals surface area contributed by atoms with Crippen molar-refractivity contribution in [2.45, 2.75) is 39.0 Å². The van der Waals surface area contributed by atoms with Crippen LogP contribution in [0.25, 0.3) is 11.4 Å². The van der Waals surface area contributed by atoms with Gasteiger partial charge >= 0.3 is 0 Å². The first-order valence-corrected chi connectivity index (χ1v) is 8.84. The maximum atomic E-state index is 12.4. The van der Waals surface area contributed by atoms with Gasteiger partial charge in [-0.05, 0) is 43.5 Å². The molecule has 1 aromatic heterocycles. The summed E-state index contributed by atoms with van der Waals surface area (Å²) in [6.07, 6.45) is 2.79. The van der Waals surface area contributed by atoms with Gasteiger partial charge in [0.25, 0.3) is 0 Å². The summed E-state index contributed by atoms with van der Waals surface area (Å²) in [7, 11) is 0. The molecule has 0 saturated carbocycles. The highest BCUT2D eigenvalue weighted by Crippen LogP contribution is 2.28. The third kappa shape index (κ3) is 3.61. The van der Waals surface area contributed by atoms with Crippen LogP contribution in [0, 0.1) is 5.92 Å². The van der Waals surface area contributed by atoms with E-state index in [0.29, 0.717) is 23.3 Å². The van der Waals surface area contributed by atoms with Crippen LogP contribution < -0.4 is 0 Å². The summed E-state index contributed by atoms with van der Waals surface area (Å²) < 4.78 is 5.47. The van der Waals surface area contributed by atoms with Gasteiger partial charge in [0.05, 0.1) is 5.92 Å².